The Kier molecular flexibility index (Phi) is 6.88. The summed E-state index contributed by atoms with van der Waals surface area (Å²) in [6.07, 6.45) is 1.00. The van der Waals surface area contributed by atoms with Gasteiger partial charge in [-0.1, -0.05) is 53.7 Å². The number of nitrogens with zero attached hydrogens (tertiary/aromatic N) is 2. The van der Waals surface area contributed by atoms with Crippen LogP contribution in [0.25, 0.3) is 0 Å². The third-order valence-corrected chi connectivity index (χ3v) is 7.52. The van der Waals surface area contributed by atoms with Crippen LogP contribution in [0, 0.1) is 0 Å². The molecular formula is C27H25ClFN3OS. The van der Waals surface area contributed by atoms with Gasteiger partial charge in [0.15, 0.2) is 0 Å². The van der Waals surface area contributed by atoms with E-state index in [1.165, 1.54) is 0 Å². The number of rotatable bonds is 4. The number of benzene rings is 3. The van der Waals surface area contributed by atoms with Crippen molar-refractivity contribution < 1.29 is 9.18 Å². The molecule has 0 saturated carbocycles. The maximum absolute atomic E-state index is 13.8. The highest BCUT2D eigenvalue weighted by atomic mass is 35.5. The summed E-state index contributed by atoms with van der Waals surface area (Å²) in [5.74, 6) is 0.729. The Bertz CT molecular complexity index is 1220. The van der Waals surface area contributed by atoms with E-state index in [4.69, 9.17) is 16.6 Å². The molecule has 7 heteroatoms. The third-order valence-electron chi connectivity index (χ3n) is 6.13. The van der Waals surface area contributed by atoms with Gasteiger partial charge in [0.1, 0.15) is 12.0 Å². The van der Waals surface area contributed by atoms with Crippen LogP contribution >= 0.6 is 23.4 Å². The fourth-order valence-electron chi connectivity index (χ4n) is 4.24. The van der Waals surface area contributed by atoms with Gasteiger partial charge in [-0.15, -0.1) is 0 Å². The first-order valence-electron chi connectivity index (χ1n) is 11.5. The van der Waals surface area contributed by atoms with E-state index in [-0.39, 0.29) is 5.91 Å². The van der Waals surface area contributed by atoms with E-state index in [0.717, 1.165) is 38.9 Å². The molecule has 1 fully saturated rings. The minimum absolute atomic E-state index is 0.126. The minimum atomic E-state index is -0.747. The van der Waals surface area contributed by atoms with Crippen LogP contribution in [0.4, 0.5) is 10.1 Å². The Morgan fingerprint density at radius 2 is 1.82 bits per heavy atom. The van der Waals surface area contributed by atoms with Crippen LogP contribution < -0.4 is 5.32 Å². The van der Waals surface area contributed by atoms with Crippen molar-refractivity contribution in [3.05, 3.63) is 88.4 Å². The number of nitrogens with one attached hydrogen (secondary N) is 1. The summed E-state index contributed by atoms with van der Waals surface area (Å²) in [4.78, 5) is 22.2. The van der Waals surface area contributed by atoms with Crippen molar-refractivity contribution in [3.63, 3.8) is 0 Å². The summed E-state index contributed by atoms with van der Waals surface area (Å²) >= 11 is 7.59. The summed E-state index contributed by atoms with van der Waals surface area (Å²) in [5.41, 5.74) is 3.51. The molecule has 5 rings (SSSR count). The molecule has 174 valence electrons. The number of hydrogen-bond acceptors (Lipinski definition) is 4. The van der Waals surface area contributed by atoms with Crippen LogP contribution in [0.1, 0.15) is 34.3 Å². The van der Waals surface area contributed by atoms with Crippen molar-refractivity contribution in [3.8, 4) is 0 Å². The van der Waals surface area contributed by atoms with E-state index in [1.54, 1.807) is 11.8 Å². The fourth-order valence-corrected chi connectivity index (χ4v) is 5.36. The van der Waals surface area contributed by atoms with Gasteiger partial charge in [-0.2, -0.15) is 0 Å². The lowest BCUT2D eigenvalue weighted by Gasteiger charge is -2.31. The smallest absolute Gasteiger partial charge is 0.251 e. The number of aliphatic imine (C=N–C) groups is 1. The van der Waals surface area contributed by atoms with Gasteiger partial charge in [0.05, 0.1) is 5.69 Å². The molecule has 4 nitrogen and oxygen atoms in total. The molecule has 1 N–H and O–H groups in total. The van der Waals surface area contributed by atoms with Crippen LogP contribution in [0.15, 0.2) is 81.5 Å². The lowest BCUT2D eigenvalue weighted by atomic mass is 10.1. The number of likely N-dealkylation sites (tertiary alicyclic amines) is 1. The number of fused-ring (bicyclic) bond motifs is 2. The second kappa shape index (κ2) is 10.2. The zero-order valence-electron chi connectivity index (χ0n) is 18.6. The molecule has 34 heavy (non-hydrogen) atoms. The van der Waals surface area contributed by atoms with Crippen molar-refractivity contribution >= 4 is 40.8 Å². The maximum Gasteiger partial charge on any atom is 0.251 e. The summed E-state index contributed by atoms with van der Waals surface area (Å²) in [7, 11) is 0. The predicted octanol–water partition coefficient (Wildman–Crippen LogP) is 6.29. The highest BCUT2D eigenvalue weighted by molar-refractivity contribution is 7.99. The van der Waals surface area contributed by atoms with Gasteiger partial charge >= 0.3 is 0 Å². The highest BCUT2D eigenvalue weighted by Crippen LogP contribution is 2.41. The molecule has 0 aromatic heterocycles. The van der Waals surface area contributed by atoms with E-state index in [1.807, 2.05) is 54.6 Å². The van der Waals surface area contributed by atoms with Crippen LogP contribution in [0.3, 0.4) is 0 Å². The van der Waals surface area contributed by atoms with E-state index in [2.05, 4.69) is 22.3 Å². The van der Waals surface area contributed by atoms with Gasteiger partial charge in [0.2, 0.25) is 0 Å². The minimum Gasteiger partial charge on any atom is -0.356 e. The van der Waals surface area contributed by atoms with Crippen molar-refractivity contribution in [2.75, 3.05) is 19.6 Å². The monoisotopic (exact) mass is 493 g/mol. The Morgan fingerprint density at radius 3 is 2.62 bits per heavy atom. The molecule has 3 aromatic carbocycles. The SMILES string of the molecule is O=C(NCCc1ccc(Cl)cc1)c1ccc2c(c1)N=C(N1CCC(F)CC1)c1ccccc1S2. The van der Waals surface area contributed by atoms with E-state index < -0.39 is 6.17 Å². The highest BCUT2D eigenvalue weighted by Gasteiger charge is 2.26. The molecule has 2 heterocycles. The molecule has 2 aliphatic rings. The molecule has 1 amide bonds. The average molecular weight is 494 g/mol. The number of amides is 1. The van der Waals surface area contributed by atoms with Crippen LogP contribution in [0.2, 0.25) is 5.02 Å². The predicted molar refractivity (Wildman–Crippen MR) is 136 cm³/mol. The zero-order chi connectivity index (χ0) is 23.5. The fraction of sp³-hybridized carbons (Fsp3) is 0.259. The van der Waals surface area contributed by atoms with Crippen molar-refractivity contribution in [1.82, 2.24) is 10.2 Å². The van der Waals surface area contributed by atoms with Crippen LogP contribution in [0.5, 0.6) is 0 Å². The third kappa shape index (κ3) is 5.13. The average Bonchev–Trinajstić information content (AvgIpc) is 3.02. The molecule has 2 aliphatic heterocycles. The van der Waals surface area contributed by atoms with Gasteiger partial charge < -0.3 is 10.2 Å². The normalized spacial score (nSPS) is 15.7. The number of hydrogen-bond donors (Lipinski definition) is 1. The summed E-state index contributed by atoms with van der Waals surface area (Å²) in [6.45, 7) is 1.81. The first kappa shape index (κ1) is 22.9. The summed E-state index contributed by atoms with van der Waals surface area (Å²) in [5, 5.41) is 3.70. The van der Waals surface area contributed by atoms with Crippen molar-refractivity contribution in [2.45, 2.75) is 35.2 Å². The number of alkyl halides is 1. The number of carbonyl (C=O) groups excluding carboxylic acids is 1. The quantitative estimate of drug-likeness (QED) is 0.464. The Morgan fingerprint density at radius 1 is 1.06 bits per heavy atom. The number of piperidine rings is 1. The number of carbonyl (C=O) groups is 1. The van der Waals surface area contributed by atoms with Gasteiger partial charge in [-0.3, -0.25) is 4.79 Å². The second-order valence-corrected chi connectivity index (χ2v) is 10.0. The molecule has 0 atom stereocenters. The van der Waals surface area contributed by atoms with Crippen LogP contribution in [-0.4, -0.2) is 42.4 Å². The Hall–Kier alpha value is -2.83. The Labute approximate surface area is 208 Å². The molecule has 3 aromatic rings. The summed E-state index contributed by atoms with van der Waals surface area (Å²) in [6, 6.07) is 21.5. The largest absolute Gasteiger partial charge is 0.356 e. The van der Waals surface area contributed by atoms with E-state index in [0.29, 0.717) is 43.1 Å². The number of amidine groups is 1. The summed E-state index contributed by atoms with van der Waals surface area (Å²) < 4.78 is 13.8. The first-order chi connectivity index (χ1) is 16.6. The Balaban J connectivity index is 1.37. The van der Waals surface area contributed by atoms with Gasteiger partial charge in [-0.05, 0) is 61.2 Å². The van der Waals surface area contributed by atoms with Gasteiger partial charge in [-0.25, -0.2) is 9.38 Å². The second-order valence-electron chi connectivity index (χ2n) is 8.51. The molecule has 0 bridgehead atoms. The molecule has 0 unspecified atom stereocenters. The standard InChI is InChI=1S/C27H25ClFN3OS/c28-20-8-5-18(6-9-20)11-14-30-27(33)19-7-10-25-23(17-19)31-26(32-15-12-21(29)13-16-32)22-3-1-2-4-24(22)34-25/h1-10,17,21H,11-16H2,(H,30,33). The maximum atomic E-state index is 13.8. The van der Waals surface area contributed by atoms with Crippen molar-refractivity contribution in [1.29, 1.82) is 0 Å². The topological polar surface area (TPSA) is 44.7 Å². The van der Waals surface area contributed by atoms with Crippen molar-refractivity contribution in [2.24, 2.45) is 4.99 Å². The van der Waals surface area contributed by atoms with E-state index in [9.17, 15) is 9.18 Å². The van der Waals surface area contributed by atoms with Gasteiger partial charge in [0.25, 0.3) is 5.91 Å². The first-order valence-corrected chi connectivity index (χ1v) is 12.7. The molecule has 0 aliphatic carbocycles. The lowest BCUT2D eigenvalue weighted by Crippen LogP contribution is -2.39. The van der Waals surface area contributed by atoms with Gasteiger partial charge in [0, 0.05) is 45.6 Å². The zero-order valence-corrected chi connectivity index (χ0v) is 20.2. The molecular weight excluding hydrogens is 469 g/mol. The molecule has 1 saturated heterocycles. The lowest BCUT2D eigenvalue weighted by molar-refractivity contribution is 0.0954. The number of halogens is 2. The molecule has 0 spiro atoms. The van der Waals surface area contributed by atoms with Crippen LogP contribution in [-0.2, 0) is 6.42 Å². The molecule has 0 radical (unpaired) electrons. The van der Waals surface area contributed by atoms with E-state index >= 15 is 0 Å².